The summed E-state index contributed by atoms with van der Waals surface area (Å²) in [5, 5.41) is 5.66. The lowest BCUT2D eigenvalue weighted by molar-refractivity contribution is -0.124. The van der Waals surface area contributed by atoms with Gasteiger partial charge in [-0.25, -0.2) is 0 Å². The highest BCUT2D eigenvalue weighted by atomic mass is 19.3. The molecule has 2 N–H and O–H groups in total. The summed E-state index contributed by atoms with van der Waals surface area (Å²) in [7, 11) is 0. The number of hydrogen-bond acceptors (Lipinski definition) is 4. The molecule has 1 heterocycles. The molecular weight excluding hydrogens is 320 g/mol. The van der Waals surface area contributed by atoms with Crippen molar-refractivity contribution in [1.82, 2.24) is 10.6 Å². The topological polar surface area (TPSA) is 59.6 Å². The van der Waals surface area contributed by atoms with Crippen LogP contribution in [0.15, 0.2) is 18.2 Å². The van der Waals surface area contributed by atoms with Crippen molar-refractivity contribution in [2.75, 3.05) is 13.1 Å². The van der Waals surface area contributed by atoms with Gasteiger partial charge in [0.15, 0.2) is 0 Å². The minimum Gasteiger partial charge on any atom is -0.435 e. The Labute approximate surface area is 129 Å². The Bertz CT molecular complexity index is 537. The van der Waals surface area contributed by atoms with Crippen molar-refractivity contribution in [3.8, 4) is 11.5 Å². The van der Waals surface area contributed by atoms with Crippen molar-refractivity contribution in [3.05, 3.63) is 23.8 Å². The van der Waals surface area contributed by atoms with Crippen LogP contribution in [0, 0.1) is 5.92 Å². The number of amides is 1. The fourth-order valence-corrected chi connectivity index (χ4v) is 2.27. The highest BCUT2D eigenvalue weighted by Gasteiger charge is 2.22. The van der Waals surface area contributed by atoms with Crippen LogP contribution < -0.4 is 20.1 Å². The molecule has 0 aliphatic carbocycles. The van der Waals surface area contributed by atoms with Gasteiger partial charge in [0, 0.05) is 24.7 Å². The Kier molecular flexibility index (Phi) is 6.03. The maximum Gasteiger partial charge on any atom is 0.387 e. The lowest BCUT2D eigenvalue weighted by Crippen LogP contribution is -2.31. The van der Waals surface area contributed by atoms with Crippen LogP contribution in [-0.2, 0) is 11.3 Å². The van der Waals surface area contributed by atoms with E-state index in [1.54, 1.807) is 0 Å². The summed E-state index contributed by atoms with van der Waals surface area (Å²) in [6.45, 7) is -4.93. The quantitative estimate of drug-likeness (QED) is 0.749. The van der Waals surface area contributed by atoms with Crippen LogP contribution in [0.4, 0.5) is 17.6 Å². The summed E-state index contributed by atoms with van der Waals surface area (Å²) in [6.07, 6.45) is 0.702. The third-order valence-corrected chi connectivity index (χ3v) is 3.36. The van der Waals surface area contributed by atoms with Crippen LogP contribution in [-0.4, -0.2) is 32.2 Å². The molecule has 9 heteroatoms. The standard InChI is InChI=1S/C14H16F4N2O3/c15-13(16)22-10-2-1-8(11(5-10)23-14(17)18)7-20-12(21)9-3-4-19-6-9/h1-2,5,9,13-14,19H,3-4,6-7H2,(H,20,21)/t9-/m0/s1. The minimum absolute atomic E-state index is 0.0493. The SMILES string of the molecule is O=C(NCc1ccc(OC(F)F)cc1OC(F)F)[C@H]1CCNC1. The molecule has 2 rings (SSSR count). The largest absolute Gasteiger partial charge is 0.435 e. The van der Waals surface area contributed by atoms with Crippen LogP contribution in [0.25, 0.3) is 0 Å². The highest BCUT2D eigenvalue weighted by molar-refractivity contribution is 5.79. The van der Waals surface area contributed by atoms with Gasteiger partial charge in [-0.05, 0) is 25.1 Å². The average molecular weight is 336 g/mol. The number of benzene rings is 1. The second-order valence-corrected chi connectivity index (χ2v) is 4.93. The molecule has 1 aromatic carbocycles. The number of alkyl halides is 4. The van der Waals surface area contributed by atoms with E-state index in [9.17, 15) is 22.4 Å². The molecule has 128 valence electrons. The van der Waals surface area contributed by atoms with Crippen LogP contribution in [0.3, 0.4) is 0 Å². The second kappa shape index (κ2) is 8.00. The zero-order chi connectivity index (χ0) is 16.8. The van der Waals surface area contributed by atoms with Crippen LogP contribution in [0.1, 0.15) is 12.0 Å². The molecular formula is C14H16F4N2O3. The van der Waals surface area contributed by atoms with Crippen molar-refractivity contribution in [3.63, 3.8) is 0 Å². The Morgan fingerprint density at radius 1 is 1.26 bits per heavy atom. The minimum atomic E-state index is -3.12. The number of nitrogens with one attached hydrogen (secondary N) is 2. The monoisotopic (exact) mass is 336 g/mol. The maximum atomic E-state index is 12.4. The first-order valence-corrected chi connectivity index (χ1v) is 6.96. The fourth-order valence-electron chi connectivity index (χ4n) is 2.27. The molecule has 0 aromatic heterocycles. The van der Waals surface area contributed by atoms with E-state index < -0.39 is 13.2 Å². The van der Waals surface area contributed by atoms with Crippen LogP contribution in [0.2, 0.25) is 0 Å². The lowest BCUT2D eigenvalue weighted by Gasteiger charge is -2.15. The van der Waals surface area contributed by atoms with Gasteiger partial charge in [0.2, 0.25) is 5.91 Å². The highest BCUT2D eigenvalue weighted by Crippen LogP contribution is 2.27. The zero-order valence-electron chi connectivity index (χ0n) is 12.0. The van der Waals surface area contributed by atoms with Crippen molar-refractivity contribution in [1.29, 1.82) is 0 Å². The summed E-state index contributed by atoms with van der Waals surface area (Å²) < 4.78 is 57.6. The second-order valence-electron chi connectivity index (χ2n) is 4.93. The summed E-state index contributed by atoms with van der Waals surface area (Å²) in [6, 6.07) is 3.43. The van der Waals surface area contributed by atoms with E-state index in [1.165, 1.54) is 12.1 Å². The van der Waals surface area contributed by atoms with Gasteiger partial charge in [0.25, 0.3) is 0 Å². The molecule has 1 fully saturated rings. The van der Waals surface area contributed by atoms with Gasteiger partial charge < -0.3 is 20.1 Å². The summed E-state index contributed by atoms with van der Waals surface area (Å²) in [5.41, 5.74) is 0.242. The molecule has 0 unspecified atom stereocenters. The van der Waals surface area contributed by atoms with Gasteiger partial charge in [-0.1, -0.05) is 0 Å². The predicted octanol–water partition coefficient (Wildman–Crippen LogP) is 2.12. The Morgan fingerprint density at radius 3 is 2.61 bits per heavy atom. The van der Waals surface area contributed by atoms with Gasteiger partial charge in [-0.15, -0.1) is 0 Å². The predicted molar refractivity (Wildman–Crippen MR) is 72.5 cm³/mol. The number of rotatable bonds is 7. The first-order valence-electron chi connectivity index (χ1n) is 6.96. The van der Waals surface area contributed by atoms with E-state index in [0.717, 1.165) is 12.6 Å². The molecule has 1 saturated heterocycles. The van der Waals surface area contributed by atoms with Crippen molar-refractivity contribution in [2.45, 2.75) is 26.2 Å². The van der Waals surface area contributed by atoms with Gasteiger partial charge in [0.05, 0.1) is 5.92 Å². The number of halogens is 4. The summed E-state index contributed by atoms with van der Waals surface area (Å²) in [5.74, 6) is -0.990. The van der Waals surface area contributed by atoms with Crippen molar-refractivity contribution in [2.24, 2.45) is 5.92 Å². The van der Waals surface area contributed by atoms with Crippen LogP contribution in [0.5, 0.6) is 11.5 Å². The smallest absolute Gasteiger partial charge is 0.387 e. The molecule has 0 bridgehead atoms. The van der Waals surface area contributed by atoms with Gasteiger partial charge in [-0.3, -0.25) is 4.79 Å². The number of carbonyl (C=O) groups is 1. The van der Waals surface area contributed by atoms with E-state index in [2.05, 4.69) is 20.1 Å². The zero-order valence-corrected chi connectivity index (χ0v) is 12.0. The average Bonchev–Trinajstić information content (AvgIpc) is 2.99. The number of ether oxygens (including phenoxy) is 2. The third kappa shape index (κ3) is 5.27. The van der Waals surface area contributed by atoms with Crippen molar-refractivity contribution < 1.29 is 31.8 Å². The lowest BCUT2D eigenvalue weighted by atomic mass is 10.1. The molecule has 1 aliphatic heterocycles. The molecule has 1 amide bonds. The van der Waals surface area contributed by atoms with E-state index in [0.29, 0.717) is 13.0 Å². The Morgan fingerprint density at radius 2 is 2.00 bits per heavy atom. The van der Waals surface area contributed by atoms with Gasteiger partial charge >= 0.3 is 13.2 Å². The normalized spacial score (nSPS) is 17.6. The Balaban J connectivity index is 2.04. The Hall–Kier alpha value is -2.03. The van der Waals surface area contributed by atoms with Crippen molar-refractivity contribution >= 4 is 5.91 Å². The molecule has 0 saturated carbocycles. The summed E-state index contributed by atoms with van der Waals surface area (Å²) in [4.78, 5) is 11.9. The molecule has 0 spiro atoms. The maximum absolute atomic E-state index is 12.4. The first-order chi connectivity index (χ1) is 11.0. The molecule has 1 aliphatic rings. The van der Waals surface area contributed by atoms with Gasteiger partial charge in [-0.2, -0.15) is 17.6 Å². The molecule has 1 aromatic rings. The van der Waals surface area contributed by atoms with E-state index in [1.807, 2.05) is 0 Å². The fraction of sp³-hybridized carbons (Fsp3) is 0.500. The molecule has 23 heavy (non-hydrogen) atoms. The molecule has 1 atom stereocenters. The number of carbonyl (C=O) groups excluding carboxylic acids is 1. The summed E-state index contributed by atoms with van der Waals surface area (Å²) >= 11 is 0. The van der Waals surface area contributed by atoms with E-state index in [-0.39, 0.29) is 35.4 Å². The third-order valence-electron chi connectivity index (χ3n) is 3.36. The first kappa shape index (κ1) is 17.3. The van der Waals surface area contributed by atoms with Crippen LogP contribution >= 0.6 is 0 Å². The molecule has 5 nitrogen and oxygen atoms in total. The van der Waals surface area contributed by atoms with E-state index in [4.69, 9.17) is 0 Å². The number of hydrogen-bond donors (Lipinski definition) is 2. The van der Waals surface area contributed by atoms with E-state index >= 15 is 0 Å². The molecule has 0 radical (unpaired) electrons. The van der Waals surface area contributed by atoms with Gasteiger partial charge in [0.1, 0.15) is 11.5 Å².